The molecule has 2 N–H and O–H groups in total. The van der Waals surface area contributed by atoms with Crippen LogP contribution in [0.2, 0.25) is 0 Å². The molecule has 0 bridgehead atoms. The van der Waals surface area contributed by atoms with Crippen molar-refractivity contribution in [1.29, 1.82) is 0 Å². The molecule has 0 aliphatic carbocycles. The highest BCUT2D eigenvalue weighted by molar-refractivity contribution is 7.89. The number of aryl methyl sites for hydroxylation is 1. The van der Waals surface area contributed by atoms with E-state index >= 15 is 0 Å². The fourth-order valence-corrected chi connectivity index (χ4v) is 2.83. The van der Waals surface area contributed by atoms with Gasteiger partial charge in [0.25, 0.3) is 0 Å². The van der Waals surface area contributed by atoms with Gasteiger partial charge in [0.05, 0.1) is 10.9 Å². The molecule has 1 atom stereocenters. The monoisotopic (exact) mass is 327 g/mol. The van der Waals surface area contributed by atoms with Gasteiger partial charge in [-0.25, -0.2) is 12.8 Å². The van der Waals surface area contributed by atoms with E-state index in [-0.39, 0.29) is 10.7 Å². The summed E-state index contributed by atoms with van der Waals surface area (Å²) in [5.41, 5.74) is 0. The second-order valence-corrected chi connectivity index (χ2v) is 6.32. The van der Waals surface area contributed by atoms with E-state index in [2.05, 4.69) is 15.2 Å². The Bertz CT molecular complexity index is 771. The van der Waals surface area contributed by atoms with Gasteiger partial charge in [0.2, 0.25) is 15.9 Å². The molecule has 1 heterocycles. The third kappa shape index (κ3) is 3.89. The van der Waals surface area contributed by atoms with E-state index in [1.165, 1.54) is 13.0 Å². The highest BCUT2D eigenvalue weighted by atomic mass is 32.2. The molecule has 0 saturated heterocycles. The molecule has 2 rings (SSSR count). The molecule has 9 heteroatoms. The largest absolute Gasteiger partial charge is 0.360 e. The number of hydrogen-bond donors (Lipinski definition) is 2. The van der Waals surface area contributed by atoms with E-state index in [4.69, 9.17) is 4.52 Å². The Labute approximate surface area is 126 Å². The summed E-state index contributed by atoms with van der Waals surface area (Å²) in [7, 11) is -3.93. The predicted octanol–water partition coefficient (Wildman–Crippen LogP) is 1.43. The molecule has 0 radical (unpaired) electrons. The molecular formula is C13H14FN3O4S. The van der Waals surface area contributed by atoms with Crippen LogP contribution in [0.15, 0.2) is 39.8 Å². The van der Waals surface area contributed by atoms with Crippen LogP contribution in [-0.4, -0.2) is 25.5 Å². The van der Waals surface area contributed by atoms with Crippen molar-refractivity contribution in [2.24, 2.45) is 0 Å². The van der Waals surface area contributed by atoms with Crippen molar-refractivity contribution in [3.8, 4) is 0 Å². The Kier molecular flexibility index (Phi) is 4.57. The number of sulfonamides is 1. The molecule has 0 saturated carbocycles. The predicted molar refractivity (Wildman–Crippen MR) is 76.1 cm³/mol. The quantitative estimate of drug-likeness (QED) is 0.865. The van der Waals surface area contributed by atoms with Gasteiger partial charge in [-0.15, -0.1) is 0 Å². The lowest BCUT2D eigenvalue weighted by Crippen LogP contribution is -2.41. The third-order valence-electron chi connectivity index (χ3n) is 2.73. The Balaban J connectivity index is 2.05. The van der Waals surface area contributed by atoms with Gasteiger partial charge in [-0.2, -0.15) is 4.72 Å². The SMILES string of the molecule is Cc1cc(NC(=O)[C@@H](C)NS(=O)(=O)c2ccc(F)cc2)no1. The number of halogens is 1. The minimum Gasteiger partial charge on any atom is -0.360 e. The maximum Gasteiger partial charge on any atom is 0.243 e. The third-order valence-corrected chi connectivity index (χ3v) is 4.29. The van der Waals surface area contributed by atoms with Gasteiger partial charge < -0.3 is 9.84 Å². The molecule has 0 unspecified atom stereocenters. The molecule has 1 amide bonds. The normalized spacial score (nSPS) is 12.9. The van der Waals surface area contributed by atoms with Crippen molar-refractivity contribution >= 4 is 21.7 Å². The molecule has 1 aromatic carbocycles. The van der Waals surface area contributed by atoms with Crippen molar-refractivity contribution in [2.75, 3.05) is 5.32 Å². The van der Waals surface area contributed by atoms with Crippen molar-refractivity contribution < 1.29 is 22.1 Å². The summed E-state index contributed by atoms with van der Waals surface area (Å²) in [5.74, 6) is -0.449. The topological polar surface area (TPSA) is 101 Å². The number of amides is 1. The van der Waals surface area contributed by atoms with Gasteiger partial charge in [0.15, 0.2) is 5.82 Å². The van der Waals surface area contributed by atoms with Crippen LogP contribution in [0.4, 0.5) is 10.2 Å². The highest BCUT2D eigenvalue weighted by Gasteiger charge is 2.22. The first-order chi connectivity index (χ1) is 10.3. The van der Waals surface area contributed by atoms with Gasteiger partial charge in [-0.3, -0.25) is 4.79 Å². The van der Waals surface area contributed by atoms with E-state index in [1.807, 2.05) is 0 Å². The van der Waals surface area contributed by atoms with Gasteiger partial charge in [0, 0.05) is 6.07 Å². The van der Waals surface area contributed by atoms with Crippen molar-refractivity contribution in [3.05, 3.63) is 41.9 Å². The summed E-state index contributed by atoms with van der Waals surface area (Å²) in [6, 6.07) is 4.73. The Hall–Kier alpha value is -2.26. The van der Waals surface area contributed by atoms with Crippen LogP contribution < -0.4 is 10.0 Å². The number of aromatic nitrogens is 1. The number of carbonyl (C=O) groups excluding carboxylic acids is 1. The summed E-state index contributed by atoms with van der Waals surface area (Å²) < 4.78 is 43.9. The lowest BCUT2D eigenvalue weighted by Gasteiger charge is -2.13. The fraction of sp³-hybridized carbons (Fsp3) is 0.231. The van der Waals surface area contributed by atoms with Gasteiger partial charge in [0.1, 0.15) is 11.6 Å². The van der Waals surface area contributed by atoms with Crippen molar-refractivity contribution in [3.63, 3.8) is 0 Å². The average molecular weight is 327 g/mol. The zero-order valence-electron chi connectivity index (χ0n) is 11.8. The zero-order chi connectivity index (χ0) is 16.3. The summed E-state index contributed by atoms with van der Waals surface area (Å²) in [5, 5.41) is 5.99. The summed E-state index contributed by atoms with van der Waals surface area (Å²) in [6.45, 7) is 3.03. The van der Waals surface area contributed by atoms with Gasteiger partial charge in [-0.1, -0.05) is 5.16 Å². The van der Waals surface area contributed by atoms with Crippen LogP contribution in [-0.2, 0) is 14.8 Å². The highest BCUT2D eigenvalue weighted by Crippen LogP contribution is 2.11. The smallest absolute Gasteiger partial charge is 0.243 e. The number of nitrogens with zero attached hydrogens (tertiary/aromatic N) is 1. The second kappa shape index (κ2) is 6.24. The minimum atomic E-state index is -3.93. The molecule has 0 fully saturated rings. The number of anilines is 1. The Morgan fingerprint density at radius 3 is 2.50 bits per heavy atom. The first-order valence-corrected chi connectivity index (χ1v) is 7.78. The second-order valence-electron chi connectivity index (χ2n) is 4.61. The lowest BCUT2D eigenvalue weighted by atomic mass is 10.3. The van der Waals surface area contributed by atoms with Gasteiger partial charge >= 0.3 is 0 Å². The molecular weight excluding hydrogens is 313 g/mol. The number of rotatable bonds is 5. The molecule has 0 aliphatic rings. The van der Waals surface area contributed by atoms with Crippen LogP contribution in [0, 0.1) is 12.7 Å². The van der Waals surface area contributed by atoms with E-state index < -0.39 is 27.8 Å². The molecule has 0 aliphatic heterocycles. The van der Waals surface area contributed by atoms with E-state index in [1.54, 1.807) is 6.92 Å². The van der Waals surface area contributed by atoms with Crippen LogP contribution in [0.5, 0.6) is 0 Å². The molecule has 1 aromatic heterocycles. The maximum absolute atomic E-state index is 12.8. The van der Waals surface area contributed by atoms with E-state index in [0.29, 0.717) is 5.76 Å². The summed E-state index contributed by atoms with van der Waals surface area (Å²) >= 11 is 0. The van der Waals surface area contributed by atoms with E-state index in [0.717, 1.165) is 24.3 Å². The van der Waals surface area contributed by atoms with Crippen LogP contribution in [0.1, 0.15) is 12.7 Å². The van der Waals surface area contributed by atoms with Gasteiger partial charge in [-0.05, 0) is 38.1 Å². The van der Waals surface area contributed by atoms with E-state index in [9.17, 15) is 17.6 Å². The molecule has 7 nitrogen and oxygen atoms in total. The average Bonchev–Trinajstić information content (AvgIpc) is 2.84. The summed E-state index contributed by atoms with van der Waals surface area (Å²) in [6.07, 6.45) is 0. The molecule has 118 valence electrons. The van der Waals surface area contributed by atoms with Crippen LogP contribution in [0.25, 0.3) is 0 Å². The Morgan fingerprint density at radius 2 is 1.95 bits per heavy atom. The number of nitrogens with one attached hydrogen (secondary N) is 2. The molecule has 2 aromatic rings. The zero-order valence-corrected chi connectivity index (χ0v) is 12.6. The van der Waals surface area contributed by atoms with Crippen molar-refractivity contribution in [2.45, 2.75) is 24.8 Å². The molecule has 22 heavy (non-hydrogen) atoms. The number of carbonyl (C=O) groups is 1. The fourth-order valence-electron chi connectivity index (χ4n) is 1.63. The van der Waals surface area contributed by atoms with Crippen LogP contribution in [0.3, 0.4) is 0 Å². The Morgan fingerprint density at radius 1 is 1.32 bits per heavy atom. The first kappa shape index (κ1) is 16.1. The van der Waals surface area contributed by atoms with Crippen molar-refractivity contribution in [1.82, 2.24) is 9.88 Å². The maximum atomic E-state index is 12.8. The lowest BCUT2D eigenvalue weighted by molar-refractivity contribution is -0.117. The summed E-state index contributed by atoms with van der Waals surface area (Å²) in [4.78, 5) is 11.8. The standard InChI is InChI=1S/C13H14FN3O4S/c1-8-7-12(16-21-8)15-13(18)9(2)17-22(19,20)11-5-3-10(14)4-6-11/h3-7,9,17H,1-2H3,(H,15,16,18)/t9-/m1/s1. The number of benzene rings is 1. The van der Waals surface area contributed by atoms with Crippen LogP contribution >= 0.6 is 0 Å². The minimum absolute atomic E-state index is 0.133. The number of hydrogen-bond acceptors (Lipinski definition) is 5. The molecule has 0 spiro atoms. The first-order valence-electron chi connectivity index (χ1n) is 6.30.